The first kappa shape index (κ1) is 24.3. The van der Waals surface area contributed by atoms with E-state index in [0.29, 0.717) is 0 Å². The van der Waals surface area contributed by atoms with Crippen LogP contribution < -0.4 is 14.4 Å². The van der Waals surface area contributed by atoms with Crippen molar-refractivity contribution < 1.29 is 9.47 Å². The molecule has 0 atom stereocenters. The molecule has 0 fully saturated rings. The first-order valence-corrected chi connectivity index (χ1v) is 14.9. The summed E-state index contributed by atoms with van der Waals surface area (Å²) in [6.07, 6.45) is 0. The van der Waals surface area contributed by atoms with E-state index in [2.05, 4.69) is 134 Å². The summed E-state index contributed by atoms with van der Waals surface area (Å²) in [6, 6.07) is 49.7. The van der Waals surface area contributed by atoms with E-state index in [4.69, 9.17) is 9.47 Å². The molecule has 2 heterocycles. The zero-order valence-electron chi connectivity index (χ0n) is 24.0. The molecule has 43 heavy (non-hydrogen) atoms. The Morgan fingerprint density at radius 1 is 0.419 bits per heavy atom. The van der Waals surface area contributed by atoms with Crippen LogP contribution in [0.5, 0.6) is 23.0 Å². The fourth-order valence-corrected chi connectivity index (χ4v) is 7.73. The van der Waals surface area contributed by atoms with Crippen molar-refractivity contribution in [3.05, 3.63) is 173 Å². The first-order valence-electron chi connectivity index (χ1n) is 14.9. The van der Waals surface area contributed by atoms with E-state index < -0.39 is 5.41 Å². The van der Waals surface area contributed by atoms with Gasteiger partial charge in [-0.1, -0.05) is 105 Å². The second-order valence-electron chi connectivity index (χ2n) is 12.1. The molecule has 206 valence electrons. The highest BCUT2D eigenvalue weighted by Gasteiger charge is 2.53. The van der Waals surface area contributed by atoms with E-state index in [1.54, 1.807) is 0 Å². The summed E-state index contributed by atoms with van der Waals surface area (Å²) in [5.74, 6) is 3.49. The van der Waals surface area contributed by atoms with Crippen LogP contribution in [-0.4, -0.2) is 0 Å². The molecule has 3 nitrogen and oxygen atoms in total. The average molecular weight is 556 g/mol. The SMILES string of the molecule is CC1(C)c2ccccc2C2(c3ccccc3Oc3ccccc32)c2cc(N3c4ccccc4Oc4ccccc43)ccc21. The molecule has 0 bridgehead atoms. The molecule has 1 spiro atoms. The van der Waals surface area contributed by atoms with Gasteiger partial charge in [0.05, 0.1) is 16.8 Å². The van der Waals surface area contributed by atoms with Gasteiger partial charge in [0.15, 0.2) is 11.5 Å². The summed E-state index contributed by atoms with van der Waals surface area (Å²) in [4.78, 5) is 2.34. The molecule has 0 saturated carbocycles. The van der Waals surface area contributed by atoms with Gasteiger partial charge in [0.2, 0.25) is 0 Å². The second-order valence-corrected chi connectivity index (χ2v) is 12.1. The molecule has 3 heteroatoms. The zero-order valence-corrected chi connectivity index (χ0v) is 24.0. The lowest BCUT2D eigenvalue weighted by atomic mass is 9.53. The van der Waals surface area contributed by atoms with Crippen molar-refractivity contribution >= 4 is 17.1 Å². The summed E-state index contributed by atoms with van der Waals surface area (Å²) in [5, 5.41) is 0. The van der Waals surface area contributed by atoms with Gasteiger partial charge in [-0.25, -0.2) is 0 Å². The minimum atomic E-state index is -0.561. The lowest BCUT2D eigenvalue weighted by Crippen LogP contribution is -2.43. The van der Waals surface area contributed by atoms with E-state index in [1.807, 2.05) is 24.3 Å². The van der Waals surface area contributed by atoms with Gasteiger partial charge < -0.3 is 14.4 Å². The van der Waals surface area contributed by atoms with Gasteiger partial charge in [0.25, 0.3) is 0 Å². The van der Waals surface area contributed by atoms with E-state index in [9.17, 15) is 0 Å². The molecular weight excluding hydrogens is 526 g/mol. The number of benzene rings is 6. The quantitative estimate of drug-likeness (QED) is 0.201. The average Bonchev–Trinajstić information content (AvgIpc) is 3.05. The lowest BCUT2D eigenvalue weighted by Gasteiger charge is -2.50. The van der Waals surface area contributed by atoms with E-state index in [0.717, 1.165) is 51.2 Å². The highest BCUT2D eigenvalue weighted by atomic mass is 16.5. The summed E-state index contributed by atoms with van der Waals surface area (Å²) < 4.78 is 13.0. The topological polar surface area (TPSA) is 21.7 Å². The van der Waals surface area contributed by atoms with Crippen LogP contribution in [0.4, 0.5) is 17.1 Å². The fourth-order valence-electron chi connectivity index (χ4n) is 7.73. The number of para-hydroxylation sites is 6. The van der Waals surface area contributed by atoms with Crippen LogP contribution in [0, 0.1) is 0 Å². The largest absolute Gasteiger partial charge is 0.457 e. The molecule has 6 aromatic carbocycles. The summed E-state index contributed by atoms with van der Waals surface area (Å²) >= 11 is 0. The van der Waals surface area contributed by atoms with Crippen LogP contribution >= 0.6 is 0 Å². The molecule has 0 amide bonds. The molecule has 0 aromatic heterocycles. The maximum Gasteiger partial charge on any atom is 0.151 e. The Morgan fingerprint density at radius 3 is 1.47 bits per heavy atom. The van der Waals surface area contributed by atoms with Crippen LogP contribution in [-0.2, 0) is 10.8 Å². The molecule has 0 N–H and O–H groups in total. The molecule has 0 unspecified atom stereocenters. The number of hydrogen-bond acceptors (Lipinski definition) is 3. The van der Waals surface area contributed by atoms with E-state index in [1.165, 1.54) is 22.3 Å². The monoisotopic (exact) mass is 555 g/mol. The van der Waals surface area contributed by atoms with E-state index in [-0.39, 0.29) is 5.41 Å². The van der Waals surface area contributed by atoms with Crippen molar-refractivity contribution in [2.24, 2.45) is 0 Å². The lowest BCUT2D eigenvalue weighted by molar-refractivity contribution is 0.425. The number of rotatable bonds is 1. The van der Waals surface area contributed by atoms with Crippen LogP contribution in [0.1, 0.15) is 47.2 Å². The molecule has 3 aliphatic rings. The second kappa shape index (κ2) is 8.62. The highest BCUT2D eigenvalue weighted by Crippen LogP contribution is 2.62. The standard InChI is InChI=1S/C40H29NO2/c1-39(2)27-13-3-4-14-29(27)40(30-15-5-9-19-35(30)42-36-20-10-6-16-31(36)40)32-25-26(23-24-28(32)39)41-33-17-7-11-21-37(33)43-38-22-12-8-18-34(38)41/h3-25H,1-2H3. The third-order valence-electron chi connectivity index (χ3n) is 9.58. The van der Waals surface area contributed by atoms with Gasteiger partial charge in [0.1, 0.15) is 11.5 Å². The van der Waals surface area contributed by atoms with Crippen LogP contribution in [0.2, 0.25) is 0 Å². The summed E-state index contributed by atoms with van der Waals surface area (Å²) in [6.45, 7) is 4.71. The molecule has 1 aliphatic carbocycles. The Hall–Kier alpha value is -5.28. The Balaban J connectivity index is 1.41. The number of fused-ring (bicyclic) bond motifs is 10. The van der Waals surface area contributed by atoms with Crippen molar-refractivity contribution in [1.29, 1.82) is 0 Å². The van der Waals surface area contributed by atoms with Gasteiger partial charge in [-0.3, -0.25) is 0 Å². The normalized spacial score (nSPS) is 15.9. The number of ether oxygens (including phenoxy) is 2. The predicted octanol–water partition coefficient (Wildman–Crippen LogP) is 10.4. The van der Waals surface area contributed by atoms with Crippen molar-refractivity contribution in [2.75, 3.05) is 4.90 Å². The molecule has 6 aromatic rings. The zero-order chi connectivity index (χ0) is 28.8. The maximum atomic E-state index is 6.60. The number of anilines is 3. The molecule has 0 saturated heterocycles. The third-order valence-corrected chi connectivity index (χ3v) is 9.58. The highest BCUT2D eigenvalue weighted by molar-refractivity contribution is 5.87. The minimum Gasteiger partial charge on any atom is -0.457 e. The van der Waals surface area contributed by atoms with Crippen molar-refractivity contribution in [3.8, 4) is 23.0 Å². The maximum absolute atomic E-state index is 6.60. The van der Waals surface area contributed by atoms with Crippen molar-refractivity contribution in [2.45, 2.75) is 24.7 Å². The van der Waals surface area contributed by atoms with Gasteiger partial charge in [-0.2, -0.15) is 0 Å². The Kier molecular flexibility index (Phi) is 4.88. The van der Waals surface area contributed by atoms with Crippen LogP contribution in [0.25, 0.3) is 0 Å². The minimum absolute atomic E-state index is 0.210. The fraction of sp³-hybridized carbons (Fsp3) is 0.100. The Labute approximate surface area is 251 Å². The van der Waals surface area contributed by atoms with Gasteiger partial charge >= 0.3 is 0 Å². The van der Waals surface area contributed by atoms with Crippen molar-refractivity contribution in [3.63, 3.8) is 0 Å². The molecule has 2 aliphatic heterocycles. The predicted molar refractivity (Wildman–Crippen MR) is 172 cm³/mol. The van der Waals surface area contributed by atoms with Crippen molar-refractivity contribution in [1.82, 2.24) is 0 Å². The van der Waals surface area contributed by atoms with Crippen LogP contribution in [0.3, 0.4) is 0 Å². The first-order chi connectivity index (χ1) is 21.1. The molecular formula is C40H29NO2. The Bertz CT molecular complexity index is 2000. The number of nitrogens with zero attached hydrogens (tertiary/aromatic N) is 1. The van der Waals surface area contributed by atoms with Gasteiger partial charge in [-0.15, -0.1) is 0 Å². The van der Waals surface area contributed by atoms with E-state index >= 15 is 0 Å². The van der Waals surface area contributed by atoms with Gasteiger partial charge in [0, 0.05) is 22.2 Å². The van der Waals surface area contributed by atoms with Gasteiger partial charge in [-0.05, 0) is 70.8 Å². The smallest absolute Gasteiger partial charge is 0.151 e. The summed E-state index contributed by atoms with van der Waals surface area (Å²) in [7, 11) is 0. The third kappa shape index (κ3) is 3.14. The number of hydrogen-bond donors (Lipinski definition) is 0. The van der Waals surface area contributed by atoms with Crippen LogP contribution in [0.15, 0.2) is 140 Å². The molecule has 0 radical (unpaired) electrons. The molecule has 9 rings (SSSR count). The Morgan fingerprint density at radius 2 is 0.860 bits per heavy atom. The summed E-state index contributed by atoms with van der Waals surface area (Å²) in [5.41, 5.74) is 9.94.